The summed E-state index contributed by atoms with van der Waals surface area (Å²) < 4.78 is 0. The van der Waals surface area contributed by atoms with Crippen LogP contribution in [0.2, 0.25) is 0 Å². The average molecular weight is 296 g/mol. The van der Waals surface area contributed by atoms with Gasteiger partial charge in [0.2, 0.25) is 0 Å². The maximum Gasteiger partial charge on any atom is 0.336 e. The second kappa shape index (κ2) is 6.09. The van der Waals surface area contributed by atoms with Crippen LogP contribution in [0.1, 0.15) is 36.7 Å². The van der Waals surface area contributed by atoms with Gasteiger partial charge < -0.3 is 15.1 Å². The molecule has 1 aromatic rings. The molecule has 0 aliphatic carbocycles. The van der Waals surface area contributed by atoms with Crippen molar-refractivity contribution < 1.29 is 19.9 Å². The predicted molar refractivity (Wildman–Crippen MR) is 79.0 cm³/mol. The average Bonchev–Trinajstić information content (AvgIpc) is 2.34. The number of likely N-dealkylation sites (N-methyl/N-ethyl adjacent to an activating group) is 1. The van der Waals surface area contributed by atoms with E-state index in [0.29, 0.717) is 17.8 Å². The molecule has 0 unspecified atom stereocenters. The molecule has 0 saturated carbocycles. The standard InChI is InChI=1S/C14H20N2O5/c1-5-15(8-14(3,4)19)11-6-10(13(17)18)7-12(9(11)2)16(20)21/h6-7,19H,5,8H2,1-4H3,(H,17,18). The number of benzene rings is 1. The van der Waals surface area contributed by atoms with Gasteiger partial charge in [0, 0.05) is 24.8 Å². The highest BCUT2D eigenvalue weighted by Gasteiger charge is 2.24. The van der Waals surface area contributed by atoms with Gasteiger partial charge in [-0.2, -0.15) is 0 Å². The topological polar surface area (TPSA) is 104 Å². The van der Waals surface area contributed by atoms with Gasteiger partial charge in [-0.05, 0) is 33.8 Å². The van der Waals surface area contributed by atoms with Crippen LogP contribution in [0.25, 0.3) is 0 Å². The van der Waals surface area contributed by atoms with Crippen molar-refractivity contribution in [3.63, 3.8) is 0 Å². The maximum atomic E-state index is 11.1. The zero-order chi connectivity index (χ0) is 16.4. The molecule has 0 bridgehead atoms. The van der Waals surface area contributed by atoms with E-state index in [0.717, 1.165) is 6.07 Å². The summed E-state index contributed by atoms with van der Waals surface area (Å²) in [6.45, 7) is 7.40. The number of nitro groups is 1. The number of aromatic carboxylic acids is 1. The third-order valence-corrected chi connectivity index (χ3v) is 3.10. The molecule has 21 heavy (non-hydrogen) atoms. The smallest absolute Gasteiger partial charge is 0.336 e. The lowest BCUT2D eigenvalue weighted by molar-refractivity contribution is -0.385. The van der Waals surface area contributed by atoms with Crippen molar-refractivity contribution in [2.75, 3.05) is 18.0 Å². The summed E-state index contributed by atoms with van der Waals surface area (Å²) >= 11 is 0. The number of nitro benzene ring substituents is 1. The first kappa shape index (κ1) is 16.9. The zero-order valence-electron chi connectivity index (χ0n) is 12.6. The minimum Gasteiger partial charge on any atom is -0.478 e. The molecule has 7 heteroatoms. The lowest BCUT2D eigenvalue weighted by Crippen LogP contribution is -2.39. The van der Waals surface area contributed by atoms with Crippen molar-refractivity contribution in [1.29, 1.82) is 0 Å². The van der Waals surface area contributed by atoms with Gasteiger partial charge in [0.15, 0.2) is 0 Å². The molecule has 116 valence electrons. The lowest BCUT2D eigenvalue weighted by Gasteiger charge is -2.31. The molecular weight excluding hydrogens is 276 g/mol. The summed E-state index contributed by atoms with van der Waals surface area (Å²) in [6, 6.07) is 2.46. The van der Waals surface area contributed by atoms with Crippen LogP contribution in [0.5, 0.6) is 0 Å². The number of aliphatic hydroxyl groups is 1. The van der Waals surface area contributed by atoms with Gasteiger partial charge in [0.05, 0.1) is 21.7 Å². The molecule has 2 N–H and O–H groups in total. The second-order valence-corrected chi connectivity index (χ2v) is 5.53. The van der Waals surface area contributed by atoms with Gasteiger partial charge in [0.25, 0.3) is 5.69 Å². The normalized spacial score (nSPS) is 11.3. The van der Waals surface area contributed by atoms with Crippen molar-refractivity contribution in [2.45, 2.75) is 33.3 Å². The van der Waals surface area contributed by atoms with Gasteiger partial charge in [0.1, 0.15) is 0 Å². The highest BCUT2D eigenvalue weighted by Crippen LogP contribution is 2.31. The van der Waals surface area contributed by atoms with E-state index in [2.05, 4.69) is 0 Å². The van der Waals surface area contributed by atoms with E-state index in [4.69, 9.17) is 5.11 Å². The van der Waals surface area contributed by atoms with Gasteiger partial charge in [-0.25, -0.2) is 4.79 Å². The zero-order valence-corrected chi connectivity index (χ0v) is 12.6. The van der Waals surface area contributed by atoms with Gasteiger partial charge in [-0.3, -0.25) is 10.1 Å². The van der Waals surface area contributed by atoms with E-state index >= 15 is 0 Å². The van der Waals surface area contributed by atoms with Crippen molar-refractivity contribution in [1.82, 2.24) is 0 Å². The minimum atomic E-state index is -1.22. The molecule has 0 aromatic heterocycles. The molecule has 0 amide bonds. The van der Waals surface area contributed by atoms with Crippen LogP contribution in [0, 0.1) is 17.0 Å². The van der Waals surface area contributed by atoms with E-state index in [1.54, 1.807) is 25.7 Å². The van der Waals surface area contributed by atoms with Crippen LogP contribution in [0.3, 0.4) is 0 Å². The van der Waals surface area contributed by atoms with Gasteiger partial charge >= 0.3 is 5.97 Å². The first-order valence-electron chi connectivity index (χ1n) is 6.56. The number of rotatable bonds is 6. The molecule has 1 aromatic carbocycles. The van der Waals surface area contributed by atoms with Crippen molar-refractivity contribution in [2.24, 2.45) is 0 Å². The van der Waals surface area contributed by atoms with E-state index in [-0.39, 0.29) is 17.8 Å². The highest BCUT2D eigenvalue weighted by atomic mass is 16.6. The number of carboxylic acid groups (broad SMARTS) is 1. The molecule has 0 heterocycles. The molecule has 0 spiro atoms. The quantitative estimate of drug-likeness (QED) is 0.616. The Kier molecular flexibility index (Phi) is 4.90. The Morgan fingerprint density at radius 2 is 2.00 bits per heavy atom. The Morgan fingerprint density at radius 3 is 2.38 bits per heavy atom. The van der Waals surface area contributed by atoms with Crippen LogP contribution < -0.4 is 4.90 Å². The van der Waals surface area contributed by atoms with Gasteiger partial charge in [-0.1, -0.05) is 0 Å². The van der Waals surface area contributed by atoms with Gasteiger partial charge in [-0.15, -0.1) is 0 Å². The van der Waals surface area contributed by atoms with Crippen LogP contribution in [0.15, 0.2) is 12.1 Å². The van der Waals surface area contributed by atoms with Crippen molar-refractivity contribution >= 4 is 17.3 Å². The summed E-state index contributed by atoms with van der Waals surface area (Å²) in [4.78, 5) is 23.4. The molecule has 0 radical (unpaired) electrons. The molecule has 0 aliphatic rings. The number of anilines is 1. The van der Waals surface area contributed by atoms with Crippen LogP contribution in [-0.2, 0) is 0 Å². The summed E-state index contributed by atoms with van der Waals surface area (Å²) in [5.41, 5.74) is -0.547. The third-order valence-electron chi connectivity index (χ3n) is 3.10. The summed E-state index contributed by atoms with van der Waals surface area (Å²) in [7, 11) is 0. The highest BCUT2D eigenvalue weighted by molar-refractivity contribution is 5.90. The van der Waals surface area contributed by atoms with E-state index < -0.39 is 16.5 Å². The SMILES string of the molecule is CCN(CC(C)(C)O)c1cc(C(=O)O)cc([N+](=O)[O-])c1C. The molecular formula is C14H20N2O5. The Balaban J connectivity index is 3.45. The summed E-state index contributed by atoms with van der Waals surface area (Å²) in [5.74, 6) is -1.22. The minimum absolute atomic E-state index is 0.142. The number of nitrogens with zero attached hydrogens (tertiary/aromatic N) is 2. The number of hydrogen-bond acceptors (Lipinski definition) is 5. The van der Waals surface area contributed by atoms with Crippen molar-refractivity contribution in [3.8, 4) is 0 Å². The molecule has 0 atom stereocenters. The number of hydrogen-bond donors (Lipinski definition) is 2. The van der Waals surface area contributed by atoms with Crippen LogP contribution in [0.4, 0.5) is 11.4 Å². The van der Waals surface area contributed by atoms with E-state index in [1.165, 1.54) is 6.07 Å². The summed E-state index contributed by atoms with van der Waals surface area (Å²) in [5, 5.41) is 30.1. The molecule has 0 fully saturated rings. The molecule has 1 rings (SSSR count). The van der Waals surface area contributed by atoms with Crippen molar-refractivity contribution in [3.05, 3.63) is 33.4 Å². The van der Waals surface area contributed by atoms with E-state index in [1.807, 2.05) is 6.92 Å². The number of carboxylic acids is 1. The largest absolute Gasteiger partial charge is 0.478 e. The Bertz CT molecular complexity index is 563. The maximum absolute atomic E-state index is 11.1. The molecule has 0 aliphatic heterocycles. The fourth-order valence-corrected chi connectivity index (χ4v) is 2.16. The van der Waals surface area contributed by atoms with E-state index in [9.17, 15) is 20.0 Å². The predicted octanol–water partition coefficient (Wildman–Crippen LogP) is 2.20. The Labute approximate surface area is 123 Å². The van der Waals surface area contributed by atoms with Crippen LogP contribution in [-0.4, -0.2) is 39.8 Å². The fraction of sp³-hybridized carbons (Fsp3) is 0.500. The first-order valence-corrected chi connectivity index (χ1v) is 6.56. The summed E-state index contributed by atoms with van der Waals surface area (Å²) in [6.07, 6.45) is 0. The first-order chi connectivity index (χ1) is 9.56. The fourth-order valence-electron chi connectivity index (χ4n) is 2.16. The molecule has 0 saturated heterocycles. The Hall–Kier alpha value is -2.15. The second-order valence-electron chi connectivity index (χ2n) is 5.53. The number of carbonyl (C=O) groups is 1. The monoisotopic (exact) mass is 296 g/mol. The Morgan fingerprint density at radius 1 is 1.43 bits per heavy atom. The molecule has 7 nitrogen and oxygen atoms in total. The third kappa shape index (κ3) is 4.16. The lowest BCUT2D eigenvalue weighted by atomic mass is 10.0. The van der Waals surface area contributed by atoms with Crippen LogP contribution >= 0.6 is 0 Å².